The van der Waals surface area contributed by atoms with Crippen molar-refractivity contribution in [2.45, 2.75) is 31.7 Å². The molecule has 136 valence electrons. The van der Waals surface area contributed by atoms with Crippen LogP contribution < -0.4 is 16.6 Å². The van der Waals surface area contributed by atoms with Crippen molar-refractivity contribution in [3.8, 4) is 0 Å². The highest BCUT2D eigenvalue weighted by Gasteiger charge is 2.25. The second-order valence-electron chi connectivity index (χ2n) is 6.63. The molecular formula is C17H20N6O3. The summed E-state index contributed by atoms with van der Waals surface area (Å²) in [5.41, 5.74) is 0.931. The molecule has 0 saturated heterocycles. The third kappa shape index (κ3) is 3.01. The molecule has 3 heterocycles. The van der Waals surface area contributed by atoms with E-state index in [1.54, 1.807) is 29.1 Å². The summed E-state index contributed by atoms with van der Waals surface area (Å²) in [6.45, 7) is 0.192. The Morgan fingerprint density at radius 1 is 1.27 bits per heavy atom. The number of aromatic nitrogens is 5. The summed E-state index contributed by atoms with van der Waals surface area (Å²) in [4.78, 5) is 38.2. The number of hydrogen-bond acceptors (Lipinski definition) is 6. The number of aliphatic hydroxyl groups is 1. The van der Waals surface area contributed by atoms with E-state index >= 15 is 0 Å². The summed E-state index contributed by atoms with van der Waals surface area (Å²) >= 11 is 0. The van der Waals surface area contributed by atoms with Crippen LogP contribution in [0.2, 0.25) is 0 Å². The van der Waals surface area contributed by atoms with Gasteiger partial charge in [-0.3, -0.25) is 9.36 Å². The van der Waals surface area contributed by atoms with Crippen molar-refractivity contribution in [2.75, 3.05) is 11.9 Å². The van der Waals surface area contributed by atoms with E-state index in [2.05, 4.69) is 25.3 Å². The summed E-state index contributed by atoms with van der Waals surface area (Å²) in [7, 11) is 0. The van der Waals surface area contributed by atoms with Gasteiger partial charge in [0.2, 0.25) is 5.95 Å². The molecule has 1 saturated carbocycles. The highest BCUT2D eigenvalue weighted by molar-refractivity contribution is 5.71. The Labute approximate surface area is 148 Å². The van der Waals surface area contributed by atoms with Crippen LogP contribution in [0.15, 0.2) is 34.1 Å². The molecular weight excluding hydrogens is 336 g/mol. The molecule has 1 fully saturated rings. The van der Waals surface area contributed by atoms with Gasteiger partial charge in [0.25, 0.3) is 5.56 Å². The molecule has 0 atom stereocenters. The van der Waals surface area contributed by atoms with Crippen molar-refractivity contribution >= 4 is 22.8 Å². The van der Waals surface area contributed by atoms with Gasteiger partial charge in [0.05, 0.1) is 6.20 Å². The van der Waals surface area contributed by atoms with Gasteiger partial charge < -0.3 is 20.4 Å². The Kier molecular flexibility index (Phi) is 4.29. The van der Waals surface area contributed by atoms with Gasteiger partial charge in [-0.15, -0.1) is 0 Å². The van der Waals surface area contributed by atoms with E-state index in [1.165, 1.54) is 0 Å². The Morgan fingerprint density at radius 3 is 2.81 bits per heavy atom. The minimum absolute atomic E-state index is 0.0435. The molecule has 1 aliphatic carbocycles. The maximum atomic E-state index is 12.4. The van der Waals surface area contributed by atoms with Gasteiger partial charge in [-0.1, -0.05) is 0 Å². The lowest BCUT2D eigenvalue weighted by Gasteiger charge is -2.27. The molecule has 4 N–H and O–H groups in total. The van der Waals surface area contributed by atoms with Gasteiger partial charge in [-0.2, -0.15) is 4.98 Å². The minimum Gasteiger partial charge on any atom is -0.396 e. The van der Waals surface area contributed by atoms with E-state index in [9.17, 15) is 14.7 Å². The first-order valence-corrected chi connectivity index (χ1v) is 8.68. The third-order valence-corrected chi connectivity index (χ3v) is 4.96. The summed E-state index contributed by atoms with van der Waals surface area (Å²) < 4.78 is 1.67. The second kappa shape index (κ2) is 6.75. The zero-order chi connectivity index (χ0) is 18.1. The van der Waals surface area contributed by atoms with Gasteiger partial charge in [0.15, 0.2) is 5.65 Å². The van der Waals surface area contributed by atoms with Crippen LogP contribution in [0.4, 0.5) is 11.6 Å². The van der Waals surface area contributed by atoms with Crippen molar-refractivity contribution in [2.24, 2.45) is 5.92 Å². The van der Waals surface area contributed by atoms with Crippen molar-refractivity contribution in [1.29, 1.82) is 0 Å². The van der Waals surface area contributed by atoms with Crippen molar-refractivity contribution in [1.82, 2.24) is 24.5 Å². The average Bonchev–Trinajstić information content (AvgIpc) is 2.99. The number of nitrogens with zero attached hydrogens (tertiary/aromatic N) is 3. The minimum atomic E-state index is -0.273. The summed E-state index contributed by atoms with van der Waals surface area (Å²) in [6.07, 6.45) is 6.50. The summed E-state index contributed by atoms with van der Waals surface area (Å²) in [5, 5.41) is 12.2. The Morgan fingerprint density at radius 2 is 2.08 bits per heavy atom. The molecule has 0 unspecified atom stereocenters. The molecule has 0 bridgehead atoms. The van der Waals surface area contributed by atoms with Crippen LogP contribution >= 0.6 is 0 Å². The number of hydrogen-bond donors (Lipinski definition) is 4. The number of imidazole rings is 1. The van der Waals surface area contributed by atoms with E-state index < -0.39 is 0 Å². The van der Waals surface area contributed by atoms with Crippen molar-refractivity contribution in [3.05, 3.63) is 45.4 Å². The van der Waals surface area contributed by atoms with Gasteiger partial charge in [-0.05, 0) is 43.7 Å². The number of anilines is 2. The monoisotopic (exact) mass is 356 g/mol. The topological polar surface area (TPSA) is 129 Å². The highest BCUT2D eigenvalue weighted by Crippen LogP contribution is 2.32. The fraction of sp³-hybridized carbons (Fsp3) is 0.412. The average molecular weight is 356 g/mol. The maximum Gasteiger partial charge on any atom is 0.327 e. The van der Waals surface area contributed by atoms with Gasteiger partial charge in [0.1, 0.15) is 11.2 Å². The fourth-order valence-electron chi connectivity index (χ4n) is 3.54. The van der Waals surface area contributed by atoms with Crippen LogP contribution in [0, 0.1) is 5.92 Å². The molecule has 9 nitrogen and oxygen atoms in total. The quantitative estimate of drug-likeness (QED) is 0.557. The van der Waals surface area contributed by atoms with Crippen LogP contribution in [0.25, 0.3) is 11.2 Å². The standard InChI is InChI=1S/C17H20N6O3/c24-9-10-3-5-11(6-4-10)23-14-13(21-17(23)26)8-19-16(22-14)20-12-2-1-7-18-15(12)25/h1-2,7-8,10-11,24H,3-6,9H2,(H,18,25)(H,21,26)(H,19,20,22)/t10-,11-. The molecule has 0 amide bonds. The third-order valence-electron chi connectivity index (χ3n) is 4.96. The number of aliphatic hydroxyl groups excluding tert-OH is 1. The maximum absolute atomic E-state index is 12.4. The molecule has 3 aromatic rings. The van der Waals surface area contributed by atoms with Crippen molar-refractivity contribution < 1.29 is 5.11 Å². The lowest BCUT2D eigenvalue weighted by molar-refractivity contribution is 0.169. The first kappa shape index (κ1) is 16.5. The number of pyridine rings is 1. The highest BCUT2D eigenvalue weighted by atomic mass is 16.3. The molecule has 0 aromatic carbocycles. The zero-order valence-corrected chi connectivity index (χ0v) is 14.1. The number of rotatable bonds is 4. The summed E-state index contributed by atoms with van der Waals surface area (Å²) in [5.74, 6) is 0.565. The van der Waals surface area contributed by atoms with E-state index in [-0.39, 0.29) is 29.8 Å². The largest absolute Gasteiger partial charge is 0.396 e. The van der Waals surface area contributed by atoms with Gasteiger partial charge >= 0.3 is 5.69 Å². The van der Waals surface area contributed by atoms with Crippen LogP contribution in [0.1, 0.15) is 31.7 Å². The fourth-order valence-corrected chi connectivity index (χ4v) is 3.54. The number of H-pyrrole nitrogens is 2. The number of fused-ring (bicyclic) bond motifs is 1. The molecule has 26 heavy (non-hydrogen) atoms. The molecule has 4 rings (SSSR count). The lowest BCUT2D eigenvalue weighted by atomic mass is 9.86. The van der Waals surface area contributed by atoms with Crippen LogP contribution in [-0.4, -0.2) is 36.2 Å². The van der Waals surface area contributed by atoms with Gasteiger partial charge in [-0.25, -0.2) is 9.78 Å². The normalized spacial score (nSPS) is 20.3. The Bertz CT molecular complexity index is 1030. The summed E-state index contributed by atoms with van der Waals surface area (Å²) in [6, 6.07) is 3.38. The van der Waals surface area contributed by atoms with Crippen LogP contribution in [0.5, 0.6) is 0 Å². The molecule has 0 radical (unpaired) electrons. The second-order valence-corrected chi connectivity index (χ2v) is 6.63. The van der Waals surface area contributed by atoms with Crippen LogP contribution in [0.3, 0.4) is 0 Å². The van der Waals surface area contributed by atoms with Crippen LogP contribution in [-0.2, 0) is 0 Å². The molecule has 1 aliphatic rings. The first-order chi connectivity index (χ1) is 12.7. The predicted molar refractivity (Wildman–Crippen MR) is 96.6 cm³/mol. The van der Waals surface area contributed by atoms with Crippen molar-refractivity contribution in [3.63, 3.8) is 0 Å². The lowest BCUT2D eigenvalue weighted by Crippen LogP contribution is -2.27. The first-order valence-electron chi connectivity index (χ1n) is 8.68. The number of aromatic amines is 2. The van der Waals surface area contributed by atoms with Gasteiger partial charge in [0, 0.05) is 18.8 Å². The molecule has 0 spiro atoms. The molecule has 9 heteroatoms. The predicted octanol–water partition coefficient (Wildman–Crippen LogP) is 1.28. The van der Waals surface area contributed by atoms with E-state index in [0.717, 1.165) is 25.7 Å². The number of nitrogens with one attached hydrogen (secondary N) is 3. The molecule has 3 aromatic heterocycles. The molecule has 0 aliphatic heterocycles. The zero-order valence-electron chi connectivity index (χ0n) is 14.1. The van der Waals surface area contributed by atoms with E-state index in [4.69, 9.17) is 0 Å². The smallest absolute Gasteiger partial charge is 0.327 e. The Hall–Kier alpha value is -2.94. The van der Waals surface area contributed by atoms with E-state index in [0.29, 0.717) is 22.8 Å². The van der Waals surface area contributed by atoms with E-state index in [1.807, 2.05) is 0 Å². The Balaban J connectivity index is 1.68. The SMILES string of the molecule is O=c1[nH]cccc1Nc1ncc2[nH]c(=O)n([C@H]3CC[C@H](CO)CC3)c2n1.